The molecule has 2 aromatic heterocycles. The SMILES string of the molecule is COc1ccc(-c2nc(C)cc(Nc3ccc(Oc4ccccc4)cc3)n2)cn1. The minimum absolute atomic E-state index is 0.553. The van der Waals surface area contributed by atoms with E-state index in [-0.39, 0.29) is 0 Å². The van der Waals surface area contributed by atoms with Gasteiger partial charge in [-0.25, -0.2) is 15.0 Å². The summed E-state index contributed by atoms with van der Waals surface area (Å²) in [6, 6.07) is 23.0. The first-order chi connectivity index (χ1) is 14.2. The lowest BCUT2D eigenvalue weighted by atomic mass is 10.2. The number of anilines is 2. The Morgan fingerprint density at radius 1 is 0.828 bits per heavy atom. The quantitative estimate of drug-likeness (QED) is 0.480. The van der Waals surface area contributed by atoms with Gasteiger partial charge in [-0.2, -0.15) is 0 Å². The molecule has 29 heavy (non-hydrogen) atoms. The zero-order valence-electron chi connectivity index (χ0n) is 16.2. The Balaban J connectivity index is 1.50. The number of methoxy groups -OCH3 is 1. The lowest BCUT2D eigenvalue weighted by Crippen LogP contribution is -1.99. The highest BCUT2D eigenvalue weighted by Crippen LogP contribution is 2.25. The standard InChI is InChI=1S/C23H20N4O2/c1-16-14-21(27-23(25-16)17-8-13-22(28-2)24-15-17)26-18-9-11-20(12-10-18)29-19-6-4-3-5-7-19/h3-15H,1-2H3,(H,25,26,27). The Morgan fingerprint density at radius 3 is 2.28 bits per heavy atom. The Bertz CT molecular complexity index is 1080. The number of rotatable bonds is 6. The Morgan fingerprint density at radius 2 is 1.59 bits per heavy atom. The summed E-state index contributed by atoms with van der Waals surface area (Å²) in [7, 11) is 1.59. The number of aryl methyl sites for hydroxylation is 1. The van der Waals surface area contributed by atoms with E-state index in [1.165, 1.54) is 0 Å². The van der Waals surface area contributed by atoms with Crippen molar-refractivity contribution >= 4 is 11.5 Å². The lowest BCUT2D eigenvalue weighted by Gasteiger charge is -2.10. The molecule has 144 valence electrons. The average molecular weight is 384 g/mol. The molecule has 4 rings (SSSR count). The van der Waals surface area contributed by atoms with Crippen molar-refractivity contribution < 1.29 is 9.47 Å². The molecule has 2 heterocycles. The van der Waals surface area contributed by atoms with E-state index in [9.17, 15) is 0 Å². The van der Waals surface area contributed by atoms with Gasteiger partial charge < -0.3 is 14.8 Å². The molecule has 0 aliphatic heterocycles. The van der Waals surface area contributed by atoms with E-state index in [1.807, 2.05) is 73.7 Å². The smallest absolute Gasteiger partial charge is 0.212 e. The fourth-order valence-corrected chi connectivity index (χ4v) is 2.77. The monoisotopic (exact) mass is 384 g/mol. The minimum atomic E-state index is 0.553. The van der Waals surface area contributed by atoms with Crippen LogP contribution in [-0.4, -0.2) is 22.1 Å². The predicted octanol–water partition coefficient (Wildman–Crippen LogP) is 5.39. The van der Waals surface area contributed by atoms with Crippen molar-refractivity contribution in [1.82, 2.24) is 15.0 Å². The highest BCUT2D eigenvalue weighted by Gasteiger charge is 2.07. The number of benzene rings is 2. The third-order valence-corrected chi connectivity index (χ3v) is 4.16. The van der Waals surface area contributed by atoms with Crippen molar-refractivity contribution in [2.24, 2.45) is 0 Å². The van der Waals surface area contributed by atoms with Crippen molar-refractivity contribution in [2.75, 3.05) is 12.4 Å². The van der Waals surface area contributed by atoms with Crippen LogP contribution in [0.1, 0.15) is 5.69 Å². The van der Waals surface area contributed by atoms with E-state index in [2.05, 4.69) is 20.3 Å². The van der Waals surface area contributed by atoms with Gasteiger partial charge >= 0.3 is 0 Å². The maximum atomic E-state index is 5.83. The van der Waals surface area contributed by atoms with E-state index in [4.69, 9.17) is 9.47 Å². The van der Waals surface area contributed by atoms with Gasteiger partial charge in [0.1, 0.15) is 17.3 Å². The second-order valence-electron chi connectivity index (χ2n) is 6.37. The van der Waals surface area contributed by atoms with Crippen LogP contribution in [0.5, 0.6) is 17.4 Å². The normalized spacial score (nSPS) is 10.4. The molecule has 2 aromatic carbocycles. The zero-order valence-corrected chi connectivity index (χ0v) is 16.2. The lowest BCUT2D eigenvalue weighted by molar-refractivity contribution is 0.398. The summed E-state index contributed by atoms with van der Waals surface area (Å²) in [6.45, 7) is 1.93. The molecule has 4 aromatic rings. The molecule has 0 radical (unpaired) electrons. The molecule has 0 saturated heterocycles. The van der Waals surface area contributed by atoms with Gasteiger partial charge in [0.2, 0.25) is 5.88 Å². The fraction of sp³-hybridized carbons (Fsp3) is 0.0870. The van der Waals surface area contributed by atoms with Crippen LogP contribution in [0, 0.1) is 6.92 Å². The number of ether oxygens (including phenoxy) is 2. The third kappa shape index (κ3) is 4.68. The fourth-order valence-electron chi connectivity index (χ4n) is 2.77. The van der Waals surface area contributed by atoms with Crippen LogP contribution in [0.4, 0.5) is 11.5 Å². The number of aromatic nitrogens is 3. The van der Waals surface area contributed by atoms with E-state index >= 15 is 0 Å². The van der Waals surface area contributed by atoms with Gasteiger partial charge in [-0.3, -0.25) is 0 Å². The summed E-state index contributed by atoms with van der Waals surface area (Å²) in [5, 5.41) is 3.32. The maximum Gasteiger partial charge on any atom is 0.212 e. The van der Waals surface area contributed by atoms with Gasteiger partial charge in [0.15, 0.2) is 5.82 Å². The molecule has 0 saturated carbocycles. The highest BCUT2D eigenvalue weighted by atomic mass is 16.5. The molecule has 0 atom stereocenters. The third-order valence-electron chi connectivity index (χ3n) is 4.16. The van der Waals surface area contributed by atoms with Gasteiger partial charge in [0, 0.05) is 35.3 Å². The molecule has 0 unspecified atom stereocenters. The number of nitrogens with one attached hydrogen (secondary N) is 1. The van der Waals surface area contributed by atoms with Gasteiger partial charge in [-0.05, 0) is 49.4 Å². The molecular formula is C23H20N4O2. The van der Waals surface area contributed by atoms with Crippen LogP contribution in [0.3, 0.4) is 0 Å². The van der Waals surface area contributed by atoms with Crippen LogP contribution in [0.25, 0.3) is 11.4 Å². The molecule has 6 nitrogen and oxygen atoms in total. The molecular weight excluding hydrogens is 364 g/mol. The highest BCUT2D eigenvalue weighted by molar-refractivity contribution is 5.62. The molecule has 1 N–H and O–H groups in total. The molecule has 0 fully saturated rings. The van der Waals surface area contributed by atoms with Crippen LogP contribution in [0.15, 0.2) is 79.0 Å². The van der Waals surface area contributed by atoms with E-state index in [0.717, 1.165) is 28.4 Å². The van der Waals surface area contributed by atoms with Crippen molar-refractivity contribution in [3.8, 4) is 28.8 Å². The van der Waals surface area contributed by atoms with Crippen molar-refractivity contribution in [2.45, 2.75) is 6.92 Å². The van der Waals surface area contributed by atoms with Crippen LogP contribution in [-0.2, 0) is 0 Å². The molecule has 0 bridgehead atoms. The van der Waals surface area contributed by atoms with Gasteiger partial charge in [0.25, 0.3) is 0 Å². The first kappa shape index (κ1) is 18.4. The summed E-state index contributed by atoms with van der Waals surface area (Å²) in [6.07, 6.45) is 1.70. The number of pyridine rings is 1. The van der Waals surface area contributed by atoms with Crippen LogP contribution < -0.4 is 14.8 Å². The van der Waals surface area contributed by atoms with Gasteiger partial charge in [-0.15, -0.1) is 0 Å². The van der Waals surface area contributed by atoms with Crippen LogP contribution in [0.2, 0.25) is 0 Å². The predicted molar refractivity (Wildman–Crippen MR) is 113 cm³/mol. The largest absolute Gasteiger partial charge is 0.481 e. The van der Waals surface area contributed by atoms with Crippen molar-refractivity contribution in [3.63, 3.8) is 0 Å². The summed E-state index contributed by atoms with van der Waals surface area (Å²) in [4.78, 5) is 13.3. The van der Waals surface area contributed by atoms with Gasteiger partial charge in [0.05, 0.1) is 7.11 Å². The topological polar surface area (TPSA) is 69.2 Å². The van der Waals surface area contributed by atoms with Crippen molar-refractivity contribution in [3.05, 3.63) is 84.7 Å². The van der Waals surface area contributed by atoms with Crippen LogP contribution >= 0.6 is 0 Å². The molecule has 0 aliphatic rings. The molecule has 0 spiro atoms. The van der Waals surface area contributed by atoms with E-state index in [1.54, 1.807) is 19.4 Å². The Hall–Kier alpha value is -3.93. The van der Waals surface area contributed by atoms with E-state index < -0.39 is 0 Å². The summed E-state index contributed by atoms with van der Waals surface area (Å²) in [5.41, 5.74) is 2.59. The summed E-state index contributed by atoms with van der Waals surface area (Å²) >= 11 is 0. The molecule has 6 heteroatoms. The molecule has 0 aliphatic carbocycles. The zero-order chi connectivity index (χ0) is 20.1. The summed E-state index contributed by atoms with van der Waals surface area (Å²) in [5.74, 6) is 3.44. The second kappa shape index (κ2) is 8.39. The maximum absolute atomic E-state index is 5.83. The average Bonchev–Trinajstić information content (AvgIpc) is 2.75. The first-order valence-electron chi connectivity index (χ1n) is 9.16. The molecule has 0 amide bonds. The van der Waals surface area contributed by atoms with Gasteiger partial charge in [-0.1, -0.05) is 18.2 Å². The number of hydrogen-bond acceptors (Lipinski definition) is 6. The minimum Gasteiger partial charge on any atom is -0.481 e. The first-order valence-corrected chi connectivity index (χ1v) is 9.16. The number of para-hydroxylation sites is 1. The van der Waals surface area contributed by atoms with Crippen molar-refractivity contribution in [1.29, 1.82) is 0 Å². The number of nitrogens with zero attached hydrogens (tertiary/aromatic N) is 3. The number of hydrogen-bond donors (Lipinski definition) is 1. The Labute approximate surface area is 169 Å². The van der Waals surface area contributed by atoms with E-state index in [0.29, 0.717) is 17.5 Å². The Kier molecular flexibility index (Phi) is 5.33. The summed E-state index contributed by atoms with van der Waals surface area (Å²) < 4.78 is 10.9. The second-order valence-corrected chi connectivity index (χ2v) is 6.37.